The Morgan fingerprint density at radius 2 is 2.41 bits per heavy atom. The molecular weight excluding hydrogens is 284 g/mol. The second kappa shape index (κ2) is 5.46. The summed E-state index contributed by atoms with van der Waals surface area (Å²) in [6, 6.07) is 4.10. The zero-order chi connectivity index (χ0) is 12.3. The van der Waals surface area contributed by atoms with E-state index >= 15 is 0 Å². The van der Waals surface area contributed by atoms with Gasteiger partial charge in [0.1, 0.15) is 5.76 Å². The maximum atomic E-state index is 5.33. The number of halogens is 1. The lowest BCUT2D eigenvalue weighted by atomic mass is 10.1. The molecule has 2 rings (SSSR count). The maximum Gasteiger partial charge on any atom is 0.153 e. The van der Waals surface area contributed by atoms with Gasteiger partial charge in [-0.15, -0.1) is 5.10 Å². The Morgan fingerprint density at radius 1 is 1.59 bits per heavy atom. The van der Waals surface area contributed by atoms with E-state index in [4.69, 9.17) is 4.42 Å². The molecule has 0 aliphatic rings. The van der Waals surface area contributed by atoms with Gasteiger partial charge < -0.3 is 9.73 Å². The molecule has 0 aromatic carbocycles. The molecule has 5 nitrogen and oxygen atoms in total. The fourth-order valence-electron chi connectivity index (χ4n) is 1.87. The van der Waals surface area contributed by atoms with Crippen LogP contribution in [-0.4, -0.2) is 22.0 Å². The molecule has 1 atom stereocenters. The van der Waals surface area contributed by atoms with Crippen molar-refractivity contribution < 1.29 is 4.42 Å². The first-order valence-corrected chi connectivity index (χ1v) is 6.26. The summed E-state index contributed by atoms with van der Waals surface area (Å²) in [5.41, 5.74) is 1.05. The molecule has 1 N–H and O–H groups in total. The van der Waals surface area contributed by atoms with Gasteiger partial charge in [-0.2, -0.15) is 0 Å². The van der Waals surface area contributed by atoms with Crippen molar-refractivity contribution in [1.29, 1.82) is 0 Å². The minimum atomic E-state index is 0.203. The number of nitrogens with zero attached hydrogens (tertiary/aromatic N) is 3. The fourth-order valence-corrected chi connectivity index (χ4v) is 2.47. The Kier molecular flexibility index (Phi) is 3.96. The fraction of sp³-hybridized carbons (Fsp3) is 0.455. The zero-order valence-electron chi connectivity index (χ0n) is 9.85. The minimum absolute atomic E-state index is 0.203. The van der Waals surface area contributed by atoms with Gasteiger partial charge in [-0.1, -0.05) is 5.21 Å². The topological polar surface area (TPSA) is 55.9 Å². The molecule has 0 spiro atoms. The van der Waals surface area contributed by atoms with E-state index in [1.165, 1.54) is 0 Å². The van der Waals surface area contributed by atoms with E-state index in [1.807, 2.05) is 26.2 Å². The Bertz CT molecular complexity index is 446. The molecule has 2 aromatic rings. The van der Waals surface area contributed by atoms with Crippen LogP contribution in [0.5, 0.6) is 0 Å². The summed E-state index contributed by atoms with van der Waals surface area (Å²) in [7, 11) is 3.83. The maximum absolute atomic E-state index is 5.33. The van der Waals surface area contributed by atoms with Gasteiger partial charge in [0.2, 0.25) is 0 Å². The molecule has 0 saturated carbocycles. The predicted octanol–water partition coefficient (Wildman–Crippen LogP) is 2.06. The molecule has 2 heterocycles. The number of nitrogens with one attached hydrogen (secondary N) is 1. The number of furan rings is 1. The highest BCUT2D eigenvalue weighted by molar-refractivity contribution is 9.10. The van der Waals surface area contributed by atoms with Gasteiger partial charge in [-0.3, -0.25) is 0 Å². The van der Waals surface area contributed by atoms with Crippen LogP contribution in [0, 0.1) is 0 Å². The molecule has 0 aliphatic carbocycles. The lowest BCUT2D eigenvalue weighted by Crippen LogP contribution is -2.20. The summed E-state index contributed by atoms with van der Waals surface area (Å²) in [5.74, 6) is 0.997. The highest BCUT2D eigenvalue weighted by atomic mass is 79.9. The van der Waals surface area contributed by atoms with E-state index in [-0.39, 0.29) is 6.04 Å². The molecule has 2 aromatic heterocycles. The lowest BCUT2D eigenvalue weighted by Gasteiger charge is -2.15. The third-order valence-corrected chi connectivity index (χ3v) is 3.33. The first-order valence-electron chi connectivity index (χ1n) is 5.47. The Balaban J connectivity index is 2.07. The number of hydrogen-bond acceptors (Lipinski definition) is 4. The van der Waals surface area contributed by atoms with Gasteiger partial charge in [-0.05, 0) is 41.5 Å². The molecule has 0 saturated heterocycles. The zero-order valence-corrected chi connectivity index (χ0v) is 11.4. The summed E-state index contributed by atoms with van der Waals surface area (Å²) in [6.07, 6.45) is 3.52. The van der Waals surface area contributed by atoms with E-state index in [2.05, 4.69) is 31.6 Å². The van der Waals surface area contributed by atoms with Crippen LogP contribution in [0.25, 0.3) is 0 Å². The number of rotatable bonds is 5. The van der Waals surface area contributed by atoms with Crippen molar-refractivity contribution in [2.24, 2.45) is 7.05 Å². The molecule has 6 heteroatoms. The normalized spacial score (nSPS) is 12.9. The Labute approximate surface area is 108 Å². The first kappa shape index (κ1) is 12.3. The van der Waals surface area contributed by atoms with Crippen molar-refractivity contribution in [3.05, 3.63) is 34.5 Å². The molecule has 0 fully saturated rings. The molecule has 0 amide bonds. The smallest absolute Gasteiger partial charge is 0.153 e. The van der Waals surface area contributed by atoms with E-state index < -0.39 is 0 Å². The first-order chi connectivity index (χ1) is 8.22. The van der Waals surface area contributed by atoms with Gasteiger partial charge in [0, 0.05) is 13.5 Å². The quantitative estimate of drug-likeness (QED) is 0.918. The van der Waals surface area contributed by atoms with Crippen LogP contribution in [0.15, 0.2) is 27.4 Å². The highest BCUT2D eigenvalue weighted by Crippen LogP contribution is 2.24. The molecule has 0 aliphatic heterocycles. The molecule has 0 radical (unpaired) electrons. The Morgan fingerprint density at radius 3 is 2.94 bits per heavy atom. The average molecular weight is 299 g/mol. The Hall–Kier alpha value is -1.14. The van der Waals surface area contributed by atoms with Crippen molar-refractivity contribution in [2.75, 3.05) is 7.05 Å². The standard InChI is InChI=1S/C11H15BrN4O/c1-13-9(6-5-8-4-3-7-17-8)10-11(12)14-15-16(10)2/h3-4,7,9,13H,5-6H2,1-2H3. The molecule has 0 bridgehead atoms. The number of aryl methyl sites for hydroxylation is 2. The third-order valence-electron chi connectivity index (χ3n) is 2.76. The van der Waals surface area contributed by atoms with Crippen molar-refractivity contribution >= 4 is 15.9 Å². The van der Waals surface area contributed by atoms with E-state index in [9.17, 15) is 0 Å². The summed E-state index contributed by atoms with van der Waals surface area (Å²) in [6.45, 7) is 0. The predicted molar refractivity (Wildman–Crippen MR) is 67.5 cm³/mol. The molecule has 17 heavy (non-hydrogen) atoms. The monoisotopic (exact) mass is 298 g/mol. The highest BCUT2D eigenvalue weighted by Gasteiger charge is 2.18. The van der Waals surface area contributed by atoms with Gasteiger partial charge in [0.25, 0.3) is 0 Å². The SMILES string of the molecule is CNC(CCc1ccco1)c1c(Br)nnn1C. The van der Waals surface area contributed by atoms with Gasteiger partial charge in [-0.25, -0.2) is 4.68 Å². The van der Waals surface area contributed by atoms with Gasteiger partial charge in [0.15, 0.2) is 4.60 Å². The van der Waals surface area contributed by atoms with Crippen LogP contribution < -0.4 is 5.32 Å². The minimum Gasteiger partial charge on any atom is -0.469 e. The lowest BCUT2D eigenvalue weighted by molar-refractivity contribution is 0.454. The van der Waals surface area contributed by atoms with Crippen LogP contribution >= 0.6 is 15.9 Å². The van der Waals surface area contributed by atoms with Crippen molar-refractivity contribution in [3.63, 3.8) is 0 Å². The summed E-state index contributed by atoms with van der Waals surface area (Å²) < 4.78 is 7.90. The van der Waals surface area contributed by atoms with Gasteiger partial charge >= 0.3 is 0 Å². The number of hydrogen-bond donors (Lipinski definition) is 1. The summed E-state index contributed by atoms with van der Waals surface area (Å²) in [5, 5.41) is 11.3. The number of aromatic nitrogens is 3. The van der Waals surface area contributed by atoms with Crippen molar-refractivity contribution in [3.8, 4) is 0 Å². The second-order valence-corrected chi connectivity index (χ2v) is 4.60. The summed E-state index contributed by atoms with van der Waals surface area (Å²) >= 11 is 3.42. The van der Waals surface area contributed by atoms with Crippen LogP contribution in [-0.2, 0) is 13.5 Å². The van der Waals surface area contributed by atoms with Crippen LogP contribution in [0.3, 0.4) is 0 Å². The summed E-state index contributed by atoms with van der Waals surface area (Å²) in [4.78, 5) is 0. The third kappa shape index (κ3) is 2.76. The van der Waals surface area contributed by atoms with Gasteiger partial charge in [0.05, 0.1) is 18.0 Å². The van der Waals surface area contributed by atoms with Crippen LogP contribution in [0.1, 0.15) is 23.9 Å². The van der Waals surface area contributed by atoms with E-state index in [0.29, 0.717) is 0 Å². The van der Waals surface area contributed by atoms with Crippen molar-refractivity contribution in [2.45, 2.75) is 18.9 Å². The average Bonchev–Trinajstić information content (AvgIpc) is 2.93. The largest absolute Gasteiger partial charge is 0.469 e. The van der Waals surface area contributed by atoms with E-state index in [0.717, 1.165) is 28.9 Å². The van der Waals surface area contributed by atoms with E-state index in [1.54, 1.807) is 10.9 Å². The van der Waals surface area contributed by atoms with Crippen LogP contribution in [0.2, 0.25) is 0 Å². The molecular formula is C11H15BrN4O. The van der Waals surface area contributed by atoms with Crippen LogP contribution in [0.4, 0.5) is 0 Å². The van der Waals surface area contributed by atoms with Crippen molar-refractivity contribution in [1.82, 2.24) is 20.3 Å². The molecule has 92 valence electrons. The second-order valence-electron chi connectivity index (χ2n) is 3.85. The molecule has 1 unspecified atom stereocenters.